The molecule has 0 radical (unpaired) electrons. The Hall–Kier alpha value is -1.89. The maximum atomic E-state index is 12.4. The zero-order valence-corrected chi connectivity index (χ0v) is 11.4. The first-order chi connectivity index (χ1) is 9.52. The fraction of sp³-hybridized carbons (Fsp3) is 0.615. The molecule has 20 heavy (non-hydrogen) atoms. The zero-order valence-electron chi connectivity index (χ0n) is 11.4. The van der Waals surface area contributed by atoms with E-state index in [1.54, 1.807) is 4.90 Å². The Bertz CT molecular complexity index is 492. The summed E-state index contributed by atoms with van der Waals surface area (Å²) in [4.78, 5) is 24.0. The Kier molecular flexibility index (Phi) is 4.39. The number of hydrogen-bond acceptors (Lipinski definition) is 5. The van der Waals surface area contributed by atoms with Crippen LogP contribution in [0.25, 0.3) is 0 Å². The minimum atomic E-state index is -0.646. The Balaban J connectivity index is 2.10. The summed E-state index contributed by atoms with van der Waals surface area (Å²) in [7, 11) is 0. The van der Waals surface area contributed by atoms with Crippen LogP contribution in [0.3, 0.4) is 0 Å². The first kappa shape index (κ1) is 14.5. The molecule has 1 fully saturated rings. The van der Waals surface area contributed by atoms with E-state index in [1.165, 1.54) is 12.1 Å². The van der Waals surface area contributed by atoms with Crippen molar-refractivity contribution >= 4 is 11.8 Å². The van der Waals surface area contributed by atoms with Crippen LogP contribution in [0.5, 0.6) is 0 Å². The van der Waals surface area contributed by atoms with Crippen LogP contribution >= 0.6 is 0 Å². The summed E-state index contributed by atoms with van der Waals surface area (Å²) in [5, 5.41) is 10.6. The molecular weight excluding hydrogens is 262 g/mol. The number of nitrogens with zero attached hydrogens (tertiary/aromatic N) is 2. The lowest BCUT2D eigenvalue weighted by atomic mass is 9.90. The fourth-order valence-electron chi connectivity index (χ4n) is 2.66. The number of furan rings is 1. The van der Waals surface area contributed by atoms with E-state index in [2.05, 4.69) is 0 Å². The molecule has 0 atom stereocenters. The van der Waals surface area contributed by atoms with Gasteiger partial charge in [0, 0.05) is 18.6 Å². The quantitative estimate of drug-likeness (QED) is 0.670. The first-order valence-corrected chi connectivity index (χ1v) is 6.83. The maximum Gasteiger partial charge on any atom is 0.433 e. The lowest BCUT2D eigenvalue weighted by Gasteiger charge is -2.34. The number of amides is 1. The van der Waals surface area contributed by atoms with Crippen molar-refractivity contribution in [1.29, 1.82) is 0 Å². The SMILES string of the molecule is CCN(C(=O)c1ccc([N+](=O)[O-])o1)C1CCC(N)CC1. The summed E-state index contributed by atoms with van der Waals surface area (Å²) in [5.41, 5.74) is 5.87. The predicted molar refractivity (Wildman–Crippen MR) is 72.3 cm³/mol. The molecule has 0 saturated heterocycles. The minimum Gasteiger partial charge on any atom is -0.395 e. The van der Waals surface area contributed by atoms with Crippen molar-refractivity contribution in [3.8, 4) is 0 Å². The number of carbonyl (C=O) groups excluding carboxylic acids is 1. The molecule has 1 aliphatic rings. The van der Waals surface area contributed by atoms with E-state index < -0.39 is 10.8 Å². The molecule has 2 rings (SSSR count). The van der Waals surface area contributed by atoms with Crippen molar-refractivity contribution in [1.82, 2.24) is 4.90 Å². The Labute approximate surface area is 116 Å². The lowest BCUT2D eigenvalue weighted by Crippen LogP contribution is -2.44. The fourth-order valence-corrected chi connectivity index (χ4v) is 2.66. The maximum absolute atomic E-state index is 12.4. The van der Waals surface area contributed by atoms with E-state index in [4.69, 9.17) is 10.2 Å². The highest BCUT2D eigenvalue weighted by Crippen LogP contribution is 2.25. The second-order valence-corrected chi connectivity index (χ2v) is 5.05. The third-order valence-corrected chi connectivity index (χ3v) is 3.77. The van der Waals surface area contributed by atoms with Gasteiger partial charge in [0.1, 0.15) is 4.92 Å². The van der Waals surface area contributed by atoms with Crippen molar-refractivity contribution in [3.63, 3.8) is 0 Å². The molecule has 1 aromatic rings. The highest BCUT2D eigenvalue weighted by Gasteiger charge is 2.29. The summed E-state index contributed by atoms with van der Waals surface area (Å²) in [6.07, 6.45) is 3.52. The topological polar surface area (TPSA) is 103 Å². The molecule has 2 N–H and O–H groups in total. The van der Waals surface area contributed by atoms with Crippen molar-refractivity contribution in [2.45, 2.75) is 44.7 Å². The summed E-state index contributed by atoms with van der Waals surface area (Å²) >= 11 is 0. The third-order valence-electron chi connectivity index (χ3n) is 3.77. The highest BCUT2D eigenvalue weighted by molar-refractivity contribution is 5.92. The Morgan fingerprint density at radius 2 is 2.10 bits per heavy atom. The Morgan fingerprint density at radius 1 is 1.45 bits per heavy atom. The first-order valence-electron chi connectivity index (χ1n) is 6.83. The highest BCUT2D eigenvalue weighted by atomic mass is 16.6. The van der Waals surface area contributed by atoms with Crippen LogP contribution < -0.4 is 5.73 Å². The normalized spacial score (nSPS) is 22.5. The van der Waals surface area contributed by atoms with Gasteiger partial charge in [-0.2, -0.15) is 0 Å². The van der Waals surface area contributed by atoms with E-state index in [0.717, 1.165) is 25.7 Å². The molecule has 0 aromatic carbocycles. The van der Waals surface area contributed by atoms with Crippen LogP contribution in [-0.4, -0.2) is 34.4 Å². The van der Waals surface area contributed by atoms with Gasteiger partial charge in [-0.3, -0.25) is 14.9 Å². The van der Waals surface area contributed by atoms with E-state index in [-0.39, 0.29) is 23.8 Å². The lowest BCUT2D eigenvalue weighted by molar-refractivity contribution is -0.402. The van der Waals surface area contributed by atoms with Crippen molar-refractivity contribution in [2.75, 3.05) is 6.54 Å². The van der Waals surface area contributed by atoms with Gasteiger partial charge in [-0.25, -0.2) is 0 Å². The summed E-state index contributed by atoms with van der Waals surface area (Å²) in [5.74, 6) is -0.676. The van der Waals surface area contributed by atoms with Gasteiger partial charge in [0.25, 0.3) is 5.91 Å². The largest absolute Gasteiger partial charge is 0.433 e. The molecule has 0 aliphatic heterocycles. The number of nitrogens with two attached hydrogens (primary N) is 1. The second-order valence-electron chi connectivity index (χ2n) is 5.05. The van der Waals surface area contributed by atoms with Crippen LogP contribution in [0, 0.1) is 10.1 Å². The summed E-state index contributed by atoms with van der Waals surface area (Å²) < 4.78 is 4.99. The second kappa shape index (κ2) is 6.04. The zero-order chi connectivity index (χ0) is 14.7. The summed E-state index contributed by atoms with van der Waals surface area (Å²) in [6, 6.07) is 2.91. The van der Waals surface area contributed by atoms with Gasteiger partial charge in [0.2, 0.25) is 0 Å². The Morgan fingerprint density at radius 3 is 2.60 bits per heavy atom. The number of carbonyl (C=O) groups is 1. The third kappa shape index (κ3) is 2.98. The van der Waals surface area contributed by atoms with Gasteiger partial charge in [0.05, 0.1) is 6.07 Å². The monoisotopic (exact) mass is 281 g/mol. The van der Waals surface area contributed by atoms with Gasteiger partial charge < -0.3 is 15.1 Å². The molecule has 1 heterocycles. The molecule has 1 amide bonds. The molecule has 0 bridgehead atoms. The molecule has 7 heteroatoms. The molecule has 0 unspecified atom stereocenters. The van der Waals surface area contributed by atoms with E-state index in [0.29, 0.717) is 6.54 Å². The van der Waals surface area contributed by atoms with Gasteiger partial charge in [-0.1, -0.05) is 0 Å². The smallest absolute Gasteiger partial charge is 0.395 e. The van der Waals surface area contributed by atoms with E-state index in [9.17, 15) is 14.9 Å². The molecule has 1 aromatic heterocycles. The van der Waals surface area contributed by atoms with Crippen LogP contribution in [0.1, 0.15) is 43.2 Å². The molecule has 1 aliphatic carbocycles. The number of hydrogen-bond donors (Lipinski definition) is 1. The van der Waals surface area contributed by atoms with Gasteiger partial charge in [0.15, 0.2) is 5.76 Å². The standard InChI is InChI=1S/C13H19N3O4/c1-2-15(10-5-3-9(14)4-6-10)13(17)11-7-8-12(20-11)16(18)19/h7-10H,2-6,14H2,1H3. The minimum absolute atomic E-state index is 0.0217. The molecular formula is C13H19N3O4. The average molecular weight is 281 g/mol. The van der Waals surface area contributed by atoms with Gasteiger partial charge in [-0.15, -0.1) is 0 Å². The van der Waals surface area contributed by atoms with E-state index in [1.807, 2.05) is 6.92 Å². The molecule has 1 saturated carbocycles. The summed E-state index contributed by atoms with van der Waals surface area (Å²) in [6.45, 7) is 2.44. The van der Waals surface area contributed by atoms with Crippen LogP contribution in [-0.2, 0) is 0 Å². The van der Waals surface area contributed by atoms with Gasteiger partial charge >= 0.3 is 5.88 Å². The predicted octanol–water partition coefficient (Wildman–Crippen LogP) is 1.92. The molecule has 110 valence electrons. The average Bonchev–Trinajstić information content (AvgIpc) is 2.91. The van der Waals surface area contributed by atoms with Gasteiger partial charge in [-0.05, 0) is 38.7 Å². The van der Waals surface area contributed by atoms with Crippen LogP contribution in [0.2, 0.25) is 0 Å². The van der Waals surface area contributed by atoms with Crippen molar-refractivity contribution in [3.05, 3.63) is 28.0 Å². The van der Waals surface area contributed by atoms with Crippen molar-refractivity contribution in [2.24, 2.45) is 5.73 Å². The van der Waals surface area contributed by atoms with Crippen LogP contribution in [0.4, 0.5) is 5.88 Å². The number of nitro groups is 1. The molecule has 7 nitrogen and oxygen atoms in total. The van der Waals surface area contributed by atoms with Crippen molar-refractivity contribution < 1.29 is 14.1 Å². The van der Waals surface area contributed by atoms with Crippen LogP contribution in [0.15, 0.2) is 16.5 Å². The molecule has 0 spiro atoms. The van der Waals surface area contributed by atoms with E-state index >= 15 is 0 Å². The number of rotatable bonds is 4.